The second-order valence-electron chi connectivity index (χ2n) is 6.98. The van der Waals surface area contributed by atoms with Crippen LogP contribution >= 0.6 is 0 Å². The Hall–Kier alpha value is -2.95. The summed E-state index contributed by atoms with van der Waals surface area (Å²) in [6, 6.07) is 16.9. The monoisotopic (exact) mass is 346 g/mol. The number of amides is 1. The van der Waals surface area contributed by atoms with Crippen LogP contribution in [0, 0.1) is 13.8 Å². The van der Waals surface area contributed by atoms with E-state index in [4.69, 9.17) is 0 Å². The van der Waals surface area contributed by atoms with E-state index in [1.54, 1.807) is 11.8 Å². The van der Waals surface area contributed by atoms with Crippen LogP contribution in [0.15, 0.2) is 54.9 Å². The zero-order valence-electron chi connectivity index (χ0n) is 15.3. The summed E-state index contributed by atoms with van der Waals surface area (Å²) in [5, 5.41) is 4.42. The number of hydrogen-bond acceptors (Lipinski definition) is 3. The number of hydrogen-bond donors (Lipinski definition) is 0. The van der Waals surface area contributed by atoms with Gasteiger partial charge < -0.3 is 0 Å². The zero-order chi connectivity index (χ0) is 18.3. The number of benzene rings is 2. The molecule has 132 valence electrons. The smallest absolute Gasteiger partial charge is 0.231 e. The van der Waals surface area contributed by atoms with Crippen molar-refractivity contribution in [3.63, 3.8) is 0 Å². The third-order valence-electron chi connectivity index (χ3n) is 5.09. The molecule has 1 aliphatic rings. The molecule has 2 atom stereocenters. The number of aryl methyl sites for hydroxylation is 2. The van der Waals surface area contributed by atoms with E-state index in [-0.39, 0.29) is 18.0 Å². The van der Waals surface area contributed by atoms with Crippen molar-refractivity contribution in [3.8, 4) is 0 Å². The molecule has 0 saturated carbocycles. The Morgan fingerprint density at radius 3 is 2.00 bits per heavy atom. The van der Waals surface area contributed by atoms with Crippen LogP contribution in [0.25, 0.3) is 0 Å². The molecule has 4 rings (SSSR count). The molecular weight excluding hydrogens is 324 g/mol. The molecule has 2 aromatic carbocycles. The van der Waals surface area contributed by atoms with Crippen molar-refractivity contribution in [1.82, 2.24) is 14.8 Å². The molecule has 0 fully saturated rings. The Balaban J connectivity index is 1.82. The maximum absolute atomic E-state index is 12.4. The first-order valence-electron chi connectivity index (χ1n) is 8.87. The lowest BCUT2D eigenvalue weighted by molar-refractivity contribution is -0.117. The average molecular weight is 346 g/mol. The van der Waals surface area contributed by atoms with Crippen LogP contribution in [0.3, 0.4) is 0 Å². The Bertz CT molecular complexity index is 927. The molecular formula is C21H22N4O. The molecule has 0 radical (unpaired) electrons. The van der Waals surface area contributed by atoms with Crippen molar-refractivity contribution in [2.24, 2.45) is 0 Å². The van der Waals surface area contributed by atoms with E-state index < -0.39 is 0 Å². The Morgan fingerprint density at radius 2 is 1.46 bits per heavy atom. The maximum Gasteiger partial charge on any atom is 0.231 e. The highest BCUT2D eigenvalue weighted by molar-refractivity contribution is 5.90. The summed E-state index contributed by atoms with van der Waals surface area (Å²) in [6.45, 7) is 5.74. The summed E-state index contributed by atoms with van der Waals surface area (Å²) in [6.07, 6.45) is 2.30. The van der Waals surface area contributed by atoms with E-state index in [1.807, 2.05) is 4.68 Å². The minimum absolute atomic E-state index is 0.0211. The standard InChI is InChI=1S/C21H22N4O/c1-14-4-8-17(9-5-14)19-12-20(18-10-6-15(2)7-11-18)25-21(22-13-23-25)24(19)16(3)26/h4-11,13,19-20H,12H2,1-3H3/t19-,20-/m0/s1. The largest absolute Gasteiger partial charge is 0.275 e. The van der Waals surface area contributed by atoms with Crippen LogP contribution in [0.2, 0.25) is 0 Å². The molecule has 0 N–H and O–H groups in total. The number of fused-ring (bicyclic) bond motifs is 1. The molecule has 3 aromatic rings. The zero-order valence-corrected chi connectivity index (χ0v) is 15.3. The molecule has 0 spiro atoms. The molecule has 5 heteroatoms. The van der Waals surface area contributed by atoms with Crippen molar-refractivity contribution in [3.05, 3.63) is 77.1 Å². The lowest BCUT2D eigenvalue weighted by Crippen LogP contribution is -2.41. The first-order chi connectivity index (χ1) is 12.5. The first-order valence-corrected chi connectivity index (χ1v) is 8.87. The van der Waals surface area contributed by atoms with Crippen LogP contribution in [0.5, 0.6) is 0 Å². The molecule has 26 heavy (non-hydrogen) atoms. The fraction of sp³-hybridized carbons (Fsp3) is 0.286. The van der Waals surface area contributed by atoms with Gasteiger partial charge >= 0.3 is 0 Å². The van der Waals surface area contributed by atoms with Gasteiger partial charge in [-0.2, -0.15) is 10.1 Å². The number of anilines is 1. The minimum Gasteiger partial charge on any atom is -0.275 e. The lowest BCUT2D eigenvalue weighted by Gasteiger charge is -2.38. The summed E-state index contributed by atoms with van der Waals surface area (Å²) >= 11 is 0. The van der Waals surface area contributed by atoms with Crippen LogP contribution < -0.4 is 4.90 Å². The summed E-state index contributed by atoms with van der Waals surface area (Å²) < 4.78 is 1.87. The number of carbonyl (C=O) groups is 1. The first kappa shape index (κ1) is 16.5. The summed E-state index contributed by atoms with van der Waals surface area (Å²) in [7, 11) is 0. The highest BCUT2D eigenvalue weighted by atomic mass is 16.2. The molecule has 0 saturated heterocycles. The summed E-state index contributed by atoms with van der Waals surface area (Å²) in [4.78, 5) is 18.6. The molecule has 5 nitrogen and oxygen atoms in total. The van der Waals surface area contributed by atoms with Crippen LogP contribution in [0.1, 0.15) is 47.7 Å². The van der Waals surface area contributed by atoms with Crippen molar-refractivity contribution >= 4 is 11.9 Å². The Morgan fingerprint density at radius 1 is 0.923 bits per heavy atom. The second kappa shape index (κ2) is 6.41. The van der Waals surface area contributed by atoms with E-state index >= 15 is 0 Å². The molecule has 0 aliphatic carbocycles. The highest BCUT2D eigenvalue weighted by Gasteiger charge is 2.37. The SMILES string of the molecule is CC(=O)N1c2ncnn2[C@H](c2ccc(C)cc2)C[C@H]1c1ccc(C)cc1. The van der Waals surface area contributed by atoms with Gasteiger partial charge in [-0.3, -0.25) is 9.69 Å². The maximum atomic E-state index is 12.4. The predicted molar refractivity (Wildman–Crippen MR) is 101 cm³/mol. The minimum atomic E-state index is -0.0592. The normalized spacial score (nSPS) is 19.3. The number of nitrogens with zero attached hydrogens (tertiary/aromatic N) is 4. The molecule has 2 heterocycles. The number of rotatable bonds is 2. The third kappa shape index (κ3) is 2.79. The second-order valence-corrected chi connectivity index (χ2v) is 6.98. The van der Waals surface area contributed by atoms with Crippen molar-refractivity contribution in [2.75, 3.05) is 4.90 Å². The van der Waals surface area contributed by atoms with E-state index in [2.05, 4.69) is 72.5 Å². The Kier molecular flexibility index (Phi) is 4.07. The molecule has 1 aliphatic heterocycles. The van der Waals surface area contributed by atoms with Gasteiger partial charge in [0.2, 0.25) is 11.9 Å². The fourth-order valence-electron chi connectivity index (χ4n) is 3.69. The van der Waals surface area contributed by atoms with E-state index in [1.165, 1.54) is 23.0 Å². The van der Waals surface area contributed by atoms with Gasteiger partial charge in [-0.25, -0.2) is 4.68 Å². The van der Waals surface area contributed by atoms with Crippen LogP contribution in [0.4, 0.5) is 5.95 Å². The predicted octanol–water partition coefficient (Wildman–Crippen LogP) is 3.98. The van der Waals surface area contributed by atoms with Crippen molar-refractivity contribution < 1.29 is 4.79 Å². The van der Waals surface area contributed by atoms with Gasteiger partial charge in [-0.1, -0.05) is 59.7 Å². The molecule has 1 aromatic heterocycles. The number of carbonyl (C=O) groups excluding carboxylic acids is 1. The van der Waals surface area contributed by atoms with Crippen LogP contribution in [-0.2, 0) is 4.79 Å². The molecule has 1 amide bonds. The lowest BCUT2D eigenvalue weighted by atomic mass is 9.91. The number of aromatic nitrogens is 3. The van der Waals surface area contributed by atoms with Gasteiger partial charge in [0.15, 0.2) is 0 Å². The van der Waals surface area contributed by atoms with Gasteiger partial charge in [-0.05, 0) is 31.4 Å². The van der Waals surface area contributed by atoms with Crippen LogP contribution in [-0.4, -0.2) is 20.7 Å². The summed E-state index contributed by atoms with van der Waals surface area (Å²) in [5.74, 6) is 0.590. The van der Waals surface area contributed by atoms with Gasteiger partial charge in [0.25, 0.3) is 0 Å². The summed E-state index contributed by atoms with van der Waals surface area (Å²) in [5.41, 5.74) is 4.74. The fourth-order valence-corrected chi connectivity index (χ4v) is 3.69. The van der Waals surface area contributed by atoms with Gasteiger partial charge in [-0.15, -0.1) is 0 Å². The van der Waals surface area contributed by atoms with Gasteiger partial charge in [0.05, 0.1) is 12.1 Å². The van der Waals surface area contributed by atoms with Crippen molar-refractivity contribution in [1.29, 1.82) is 0 Å². The highest BCUT2D eigenvalue weighted by Crippen LogP contribution is 2.41. The van der Waals surface area contributed by atoms with Gasteiger partial charge in [0, 0.05) is 6.92 Å². The third-order valence-corrected chi connectivity index (χ3v) is 5.09. The Labute approximate surface area is 153 Å². The quantitative estimate of drug-likeness (QED) is 0.705. The van der Waals surface area contributed by atoms with Crippen molar-refractivity contribution in [2.45, 2.75) is 39.3 Å². The average Bonchev–Trinajstić information content (AvgIpc) is 3.11. The topological polar surface area (TPSA) is 51.0 Å². The van der Waals surface area contributed by atoms with Gasteiger partial charge in [0.1, 0.15) is 6.33 Å². The van der Waals surface area contributed by atoms with E-state index in [0.29, 0.717) is 5.95 Å². The van der Waals surface area contributed by atoms with E-state index in [0.717, 1.165) is 12.0 Å². The molecule has 0 bridgehead atoms. The molecule has 0 unspecified atom stereocenters. The van der Waals surface area contributed by atoms with E-state index in [9.17, 15) is 4.79 Å².